The van der Waals surface area contributed by atoms with Gasteiger partial charge in [0.05, 0.1) is 19.2 Å². The molecule has 0 saturated carbocycles. The number of aromatic nitrogens is 2. The van der Waals surface area contributed by atoms with Crippen molar-refractivity contribution in [3.63, 3.8) is 0 Å². The predicted octanol–water partition coefficient (Wildman–Crippen LogP) is 0.861. The van der Waals surface area contributed by atoms with Crippen LogP contribution in [0, 0.1) is 0 Å². The van der Waals surface area contributed by atoms with Crippen LogP contribution in [0.2, 0.25) is 5.02 Å². The molecule has 1 aromatic heterocycles. The summed E-state index contributed by atoms with van der Waals surface area (Å²) < 4.78 is 49.2. The Labute approximate surface area is 149 Å². The van der Waals surface area contributed by atoms with Gasteiger partial charge in [0, 0.05) is 24.2 Å². The van der Waals surface area contributed by atoms with Crippen LogP contribution in [0.5, 0.6) is 11.5 Å². The lowest BCUT2D eigenvalue weighted by atomic mass is 10.1. The second kappa shape index (κ2) is 6.92. The number of hydrogen-bond donors (Lipinski definition) is 2. The van der Waals surface area contributed by atoms with Crippen LogP contribution in [0.3, 0.4) is 0 Å². The topological polar surface area (TPSA) is 114 Å². The van der Waals surface area contributed by atoms with Gasteiger partial charge in [0.2, 0.25) is 0 Å². The number of benzene rings is 1. The molecule has 0 unspecified atom stereocenters. The maximum absolute atomic E-state index is 12.9. The highest BCUT2D eigenvalue weighted by Crippen LogP contribution is 2.39. The van der Waals surface area contributed by atoms with Crippen molar-refractivity contribution in [2.45, 2.75) is 12.7 Å². The van der Waals surface area contributed by atoms with E-state index in [0.717, 1.165) is 6.07 Å². The number of methoxy groups -OCH3 is 2. The fourth-order valence-corrected chi connectivity index (χ4v) is 2.67. The predicted molar refractivity (Wildman–Crippen MR) is 87.5 cm³/mol. The minimum absolute atomic E-state index is 0.0395. The van der Waals surface area contributed by atoms with Crippen LogP contribution in [-0.2, 0) is 12.7 Å². The Kier molecular flexibility index (Phi) is 5.23. The number of alkyl halides is 3. The Morgan fingerprint density at radius 1 is 1.19 bits per heavy atom. The Morgan fingerprint density at radius 3 is 2.27 bits per heavy atom. The quantitative estimate of drug-likeness (QED) is 0.743. The molecule has 12 heteroatoms. The number of rotatable bonds is 4. The van der Waals surface area contributed by atoms with Crippen LogP contribution in [0.4, 0.5) is 13.2 Å². The first kappa shape index (κ1) is 19.7. The van der Waals surface area contributed by atoms with E-state index < -0.39 is 23.1 Å². The molecule has 2 rings (SSSR count). The largest absolute Gasteiger partial charge is 0.495 e. The van der Waals surface area contributed by atoms with Crippen molar-refractivity contribution in [3.8, 4) is 17.2 Å². The number of halogens is 4. The third-order valence-corrected chi connectivity index (χ3v) is 3.97. The van der Waals surface area contributed by atoms with Gasteiger partial charge in [0.1, 0.15) is 17.2 Å². The fraction of sp³-hybridized carbons (Fsp3) is 0.286. The van der Waals surface area contributed by atoms with Crippen molar-refractivity contribution in [1.29, 1.82) is 0 Å². The lowest BCUT2D eigenvalue weighted by Gasteiger charge is -2.19. The molecule has 26 heavy (non-hydrogen) atoms. The molecule has 4 N–H and O–H groups in total. The molecule has 0 spiro atoms. The molecule has 0 saturated heterocycles. The normalized spacial score (nSPS) is 11.5. The van der Waals surface area contributed by atoms with E-state index in [1.54, 1.807) is 0 Å². The zero-order valence-electron chi connectivity index (χ0n) is 13.6. The van der Waals surface area contributed by atoms with E-state index in [2.05, 4.69) is 0 Å². The number of ether oxygens (including phenoxy) is 2. The van der Waals surface area contributed by atoms with Crippen LogP contribution in [0.1, 0.15) is 11.3 Å². The average Bonchev–Trinajstić information content (AvgIpc) is 2.57. The van der Waals surface area contributed by atoms with Crippen molar-refractivity contribution in [2.75, 3.05) is 20.1 Å². The summed E-state index contributed by atoms with van der Waals surface area (Å²) in [6.07, 6.45) is -4.99. The summed E-state index contributed by atoms with van der Waals surface area (Å²) in [5.74, 6) is 5.21. The molecule has 142 valence electrons. The van der Waals surface area contributed by atoms with Crippen molar-refractivity contribution < 1.29 is 22.6 Å². The molecule has 0 aliphatic carbocycles. The van der Waals surface area contributed by atoms with Crippen molar-refractivity contribution in [3.05, 3.63) is 49.3 Å². The standard InChI is InChI=1S/C14H14ClF3N4O4/c1-25-8-3-7(12(26-2)6(5-19)11(8)15)21-10(23)4-9(14(16,17)18)22(20)13(21)24/h3-4H,5,19-20H2,1-2H3. The van der Waals surface area contributed by atoms with Gasteiger partial charge in [-0.05, 0) is 0 Å². The van der Waals surface area contributed by atoms with E-state index in [-0.39, 0.29) is 45.1 Å². The van der Waals surface area contributed by atoms with Crippen molar-refractivity contribution >= 4 is 11.6 Å². The summed E-state index contributed by atoms with van der Waals surface area (Å²) in [5.41, 5.74) is 1.30. The van der Waals surface area contributed by atoms with E-state index in [1.165, 1.54) is 14.2 Å². The first-order valence-electron chi connectivity index (χ1n) is 6.93. The van der Waals surface area contributed by atoms with Gasteiger partial charge >= 0.3 is 11.9 Å². The minimum Gasteiger partial charge on any atom is -0.495 e. The van der Waals surface area contributed by atoms with Gasteiger partial charge in [-0.15, -0.1) is 0 Å². The van der Waals surface area contributed by atoms with Crippen molar-refractivity contribution in [1.82, 2.24) is 9.24 Å². The third-order valence-electron chi connectivity index (χ3n) is 3.55. The van der Waals surface area contributed by atoms with Crippen LogP contribution >= 0.6 is 11.6 Å². The van der Waals surface area contributed by atoms with Gasteiger partial charge in [0.25, 0.3) is 5.56 Å². The molecule has 1 heterocycles. The van der Waals surface area contributed by atoms with Crippen LogP contribution < -0.4 is 32.3 Å². The Bertz CT molecular complexity index is 969. The smallest absolute Gasteiger partial charge is 0.433 e. The zero-order chi connectivity index (χ0) is 19.8. The lowest BCUT2D eigenvalue weighted by molar-refractivity contribution is -0.143. The highest BCUT2D eigenvalue weighted by Gasteiger charge is 2.36. The van der Waals surface area contributed by atoms with Crippen LogP contribution in [0.25, 0.3) is 5.69 Å². The summed E-state index contributed by atoms with van der Waals surface area (Å²) in [4.78, 5) is 24.6. The summed E-state index contributed by atoms with van der Waals surface area (Å²) in [5, 5.41) is 0.0728. The maximum atomic E-state index is 12.9. The molecular weight excluding hydrogens is 381 g/mol. The Hall–Kier alpha value is -2.66. The Balaban J connectivity index is 2.96. The van der Waals surface area contributed by atoms with Gasteiger partial charge in [-0.25, -0.2) is 14.0 Å². The van der Waals surface area contributed by atoms with E-state index in [0.29, 0.717) is 4.57 Å². The molecule has 0 aliphatic heterocycles. The SMILES string of the molecule is COc1cc(-n2c(=O)cc(C(F)(F)F)n(N)c2=O)c(OC)c(CN)c1Cl. The molecule has 2 aromatic rings. The van der Waals surface area contributed by atoms with E-state index in [1.807, 2.05) is 0 Å². The first-order chi connectivity index (χ1) is 12.1. The summed E-state index contributed by atoms with van der Waals surface area (Å²) in [7, 11) is 2.49. The second-order valence-electron chi connectivity index (χ2n) is 4.98. The maximum Gasteiger partial charge on any atom is 0.433 e. The molecule has 0 bridgehead atoms. The molecule has 1 aromatic carbocycles. The molecular formula is C14H14ClF3N4O4. The number of nitrogens with two attached hydrogens (primary N) is 2. The van der Waals surface area contributed by atoms with Gasteiger partial charge in [-0.1, -0.05) is 11.6 Å². The molecule has 0 atom stereocenters. The Morgan fingerprint density at radius 2 is 1.81 bits per heavy atom. The summed E-state index contributed by atoms with van der Waals surface area (Å²) in [6, 6.07) is 1.36. The van der Waals surface area contributed by atoms with Gasteiger partial charge in [-0.3, -0.25) is 4.79 Å². The molecule has 0 aliphatic rings. The van der Waals surface area contributed by atoms with Crippen LogP contribution in [0.15, 0.2) is 21.7 Å². The zero-order valence-corrected chi connectivity index (χ0v) is 14.3. The van der Waals surface area contributed by atoms with E-state index in [9.17, 15) is 22.8 Å². The fourth-order valence-electron chi connectivity index (χ4n) is 2.38. The van der Waals surface area contributed by atoms with E-state index in [4.69, 9.17) is 32.7 Å². The molecule has 0 amide bonds. The van der Waals surface area contributed by atoms with Gasteiger partial charge in [0.15, 0.2) is 5.69 Å². The summed E-state index contributed by atoms with van der Waals surface area (Å²) >= 11 is 6.12. The number of hydrogen-bond acceptors (Lipinski definition) is 6. The van der Waals surface area contributed by atoms with Crippen molar-refractivity contribution in [2.24, 2.45) is 5.73 Å². The molecule has 0 radical (unpaired) electrons. The highest BCUT2D eigenvalue weighted by atomic mass is 35.5. The number of nitrogens with zero attached hydrogens (tertiary/aromatic N) is 2. The lowest BCUT2D eigenvalue weighted by Crippen LogP contribution is -2.45. The van der Waals surface area contributed by atoms with Crippen LogP contribution in [-0.4, -0.2) is 23.5 Å². The first-order valence-corrected chi connectivity index (χ1v) is 7.31. The van der Waals surface area contributed by atoms with Gasteiger partial charge in [-0.2, -0.15) is 13.2 Å². The van der Waals surface area contributed by atoms with Gasteiger partial charge < -0.3 is 21.1 Å². The van der Waals surface area contributed by atoms with E-state index >= 15 is 0 Å². The monoisotopic (exact) mass is 394 g/mol. The molecule has 0 fully saturated rings. The minimum atomic E-state index is -4.99. The third kappa shape index (κ3) is 3.10. The summed E-state index contributed by atoms with van der Waals surface area (Å²) in [6.45, 7) is -0.154. The second-order valence-corrected chi connectivity index (χ2v) is 5.36. The average molecular weight is 395 g/mol. The molecule has 8 nitrogen and oxygen atoms in total. The number of nitrogen functional groups attached to an aromatic ring is 1. The highest BCUT2D eigenvalue weighted by molar-refractivity contribution is 6.33.